The first kappa shape index (κ1) is 16.5. The first-order valence-electron chi connectivity index (χ1n) is 8.16. The number of hydrogen-bond acceptors (Lipinski definition) is 5. The van der Waals surface area contributed by atoms with Crippen LogP contribution in [0.15, 0.2) is 71.7 Å². The van der Waals surface area contributed by atoms with E-state index in [9.17, 15) is 19.7 Å². The van der Waals surface area contributed by atoms with E-state index in [0.717, 1.165) is 0 Å². The lowest BCUT2D eigenvalue weighted by Gasteiger charge is -2.18. The first-order chi connectivity index (χ1) is 13.1. The van der Waals surface area contributed by atoms with Gasteiger partial charge in [0.25, 0.3) is 5.69 Å². The standard InChI is InChI=1S/C21H12N2O4/c24-20-15-4-1-2-5-16(15)21(25)19-17(20)6-3-7-18(19)22-12-13-8-10-14(11-9-13)23(26)27/h1-12H. The molecule has 3 aromatic carbocycles. The van der Waals surface area contributed by atoms with Crippen LogP contribution in [0.5, 0.6) is 0 Å². The Balaban J connectivity index is 1.75. The van der Waals surface area contributed by atoms with Gasteiger partial charge >= 0.3 is 0 Å². The highest BCUT2D eigenvalue weighted by atomic mass is 16.6. The molecule has 0 bridgehead atoms. The second kappa shape index (κ2) is 6.42. The van der Waals surface area contributed by atoms with Crippen LogP contribution in [-0.4, -0.2) is 22.7 Å². The van der Waals surface area contributed by atoms with Crippen molar-refractivity contribution in [1.82, 2.24) is 0 Å². The van der Waals surface area contributed by atoms with E-state index in [-0.39, 0.29) is 22.8 Å². The third-order valence-corrected chi connectivity index (χ3v) is 4.39. The third-order valence-electron chi connectivity index (χ3n) is 4.39. The maximum atomic E-state index is 12.9. The Morgan fingerprint density at radius 1 is 0.778 bits per heavy atom. The van der Waals surface area contributed by atoms with Crippen LogP contribution in [0.4, 0.5) is 11.4 Å². The molecule has 0 N–H and O–H groups in total. The summed E-state index contributed by atoms with van der Waals surface area (Å²) in [5, 5.41) is 10.7. The van der Waals surface area contributed by atoms with Gasteiger partial charge in [0, 0.05) is 35.0 Å². The maximum Gasteiger partial charge on any atom is 0.269 e. The summed E-state index contributed by atoms with van der Waals surface area (Å²) in [4.78, 5) is 40.2. The molecule has 6 heteroatoms. The molecule has 130 valence electrons. The molecule has 0 heterocycles. The number of benzene rings is 3. The maximum absolute atomic E-state index is 12.9. The van der Waals surface area contributed by atoms with Gasteiger partial charge in [0.05, 0.1) is 16.2 Å². The Morgan fingerprint density at radius 2 is 1.41 bits per heavy atom. The van der Waals surface area contributed by atoms with Gasteiger partial charge in [0.15, 0.2) is 11.6 Å². The van der Waals surface area contributed by atoms with Crippen molar-refractivity contribution < 1.29 is 14.5 Å². The molecule has 0 radical (unpaired) electrons. The van der Waals surface area contributed by atoms with Crippen LogP contribution < -0.4 is 0 Å². The Kier molecular flexibility index (Phi) is 3.93. The number of nitrogens with zero attached hydrogens (tertiary/aromatic N) is 2. The van der Waals surface area contributed by atoms with Crippen LogP contribution in [0.25, 0.3) is 0 Å². The molecule has 1 aliphatic rings. The lowest BCUT2D eigenvalue weighted by molar-refractivity contribution is -0.384. The van der Waals surface area contributed by atoms with E-state index in [1.165, 1.54) is 18.3 Å². The zero-order valence-corrected chi connectivity index (χ0v) is 14.0. The number of aliphatic imine (C=N–C) groups is 1. The number of ketones is 2. The lowest BCUT2D eigenvalue weighted by atomic mass is 9.83. The normalized spacial score (nSPS) is 12.7. The molecule has 0 fully saturated rings. The summed E-state index contributed by atoms with van der Waals surface area (Å²) < 4.78 is 0. The number of carbonyl (C=O) groups is 2. The van der Waals surface area contributed by atoms with E-state index in [1.807, 2.05) is 0 Å². The largest absolute Gasteiger partial charge is 0.289 e. The average molecular weight is 356 g/mol. The summed E-state index contributed by atoms with van der Waals surface area (Å²) in [6.45, 7) is 0. The van der Waals surface area contributed by atoms with Crippen molar-refractivity contribution in [2.75, 3.05) is 0 Å². The minimum atomic E-state index is -0.476. The molecule has 3 aromatic rings. The molecule has 4 rings (SSSR count). The molecular formula is C21H12N2O4. The monoisotopic (exact) mass is 356 g/mol. The van der Waals surface area contributed by atoms with Crippen LogP contribution >= 0.6 is 0 Å². The third kappa shape index (κ3) is 2.83. The fourth-order valence-corrected chi connectivity index (χ4v) is 3.06. The van der Waals surface area contributed by atoms with Gasteiger partial charge in [-0.25, -0.2) is 0 Å². The number of rotatable bonds is 3. The predicted molar refractivity (Wildman–Crippen MR) is 100 cm³/mol. The van der Waals surface area contributed by atoms with Gasteiger partial charge in [0.2, 0.25) is 0 Å². The molecular weight excluding hydrogens is 344 g/mol. The predicted octanol–water partition coefficient (Wildman–Crippen LogP) is 4.12. The lowest BCUT2D eigenvalue weighted by Crippen LogP contribution is -2.20. The summed E-state index contributed by atoms with van der Waals surface area (Å²) >= 11 is 0. The minimum Gasteiger partial charge on any atom is -0.289 e. The highest BCUT2D eigenvalue weighted by molar-refractivity contribution is 6.30. The van der Waals surface area contributed by atoms with Crippen LogP contribution in [-0.2, 0) is 0 Å². The molecule has 0 saturated heterocycles. The topological polar surface area (TPSA) is 89.6 Å². The van der Waals surface area contributed by atoms with E-state index in [1.54, 1.807) is 54.6 Å². The summed E-state index contributed by atoms with van der Waals surface area (Å²) in [6, 6.07) is 17.6. The summed E-state index contributed by atoms with van der Waals surface area (Å²) in [5.74, 6) is -0.441. The fraction of sp³-hybridized carbons (Fsp3) is 0. The Labute approximate surface area is 154 Å². The van der Waals surface area contributed by atoms with Gasteiger partial charge in [-0.15, -0.1) is 0 Å². The number of nitro groups is 1. The van der Waals surface area contributed by atoms with Crippen LogP contribution in [0, 0.1) is 10.1 Å². The van der Waals surface area contributed by atoms with Crippen LogP contribution in [0.1, 0.15) is 37.4 Å². The van der Waals surface area contributed by atoms with Crippen molar-refractivity contribution >= 4 is 29.2 Å². The van der Waals surface area contributed by atoms with Crippen LogP contribution in [0.2, 0.25) is 0 Å². The van der Waals surface area contributed by atoms with Crippen molar-refractivity contribution in [3.63, 3.8) is 0 Å². The van der Waals surface area contributed by atoms with Crippen LogP contribution in [0.3, 0.4) is 0 Å². The number of carbonyl (C=O) groups excluding carboxylic acids is 2. The van der Waals surface area contributed by atoms with E-state index in [0.29, 0.717) is 27.9 Å². The molecule has 0 spiro atoms. The first-order valence-corrected chi connectivity index (χ1v) is 8.16. The fourth-order valence-electron chi connectivity index (χ4n) is 3.06. The summed E-state index contributed by atoms with van der Waals surface area (Å²) in [7, 11) is 0. The second-order valence-electron chi connectivity index (χ2n) is 6.01. The summed E-state index contributed by atoms with van der Waals surface area (Å²) in [5.41, 5.74) is 2.39. The van der Waals surface area contributed by atoms with Crippen molar-refractivity contribution in [2.24, 2.45) is 4.99 Å². The van der Waals surface area contributed by atoms with Gasteiger partial charge < -0.3 is 0 Å². The zero-order valence-electron chi connectivity index (χ0n) is 14.0. The number of nitro benzene ring substituents is 1. The Morgan fingerprint density at radius 3 is 2.07 bits per heavy atom. The van der Waals surface area contributed by atoms with Crippen molar-refractivity contribution in [3.8, 4) is 0 Å². The molecule has 0 saturated carbocycles. The highest BCUT2D eigenvalue weighted by Gasteiger charge is 2.31. The Hall–Kier alpha value is -3.93. The molecule has 0 aliphatic heterocycles. The van der Waals surface area contributed by atoms with Gasteiger partial charge in [-0.1, -0.05) is 36.4 Å². The average Bonchev–Trinajstić information content (AvgIpc) is 2.70. The van der Waals surface area contributed by atoms with Crippen molar-refractivity contribution in [3.05, 3.63) is 105 Å². The molecule has 27 heavy (non-hydrogen) atoms. The Bertz CT molecular complexity index is 1130. The van der Waals surface area contributed by atoms with E-state index in [2.05, 4.69) is 4.99 Å². The second-order valence-corrected chi connectivity index (χ2v) is 6.01. The number of fused-ring (bicyclic) bond motifs is 2. The smallest absolute Gasteiger partial charge is 0.269 e. The molecule has 0 aromatic heterocycles. The molecule has 6 nitrogen and oxygen atoms in total. The van der Waals surface area contributed by atoms with E-state index < -0.39 is 4.92 Å². The van der Waals surface area contributed by atoms with Gasteiger partial charge in [0.1, 0.15) is 0 Å². The molecule has 1 aliphatic carbocycles. The highest BCUT2D eigenvalue weighted by Crippen LogP contribution is 2.33. The summed E-state index contributed by atoms with van der Waals surface area (Å²) in [6.07, 6.45) is 1.51. The SMILES string of the molecule is O=C1c2ccccc2C(=O)c2c(N=Cc3ccc([N+](=O)[O-])cc3)cccc21. The molecule has 0 amide bonds. The molecule has 0 atom stereocenters. The van der Waals surface area contributed by atoms with Crippen molar-refractivity contribution in [1.29, 1.82) is 0 Å². The minimum absolute atomic E-state index is 0.0124. The number of non-ortho nitro benzene ring substituents is 1. The molecule has 0 unspecified atom stereocenters. The van der Waals surface area contributed by atoms with E-state index >= 15 is 0 Å². The van der Waals surface area contributed by atoms with Crippen molar-refractivity contribution in [2.45, 2.75) is 0 Å². The van der Waals surface area contributed by atoms with E-state index in [4.69, 9.17) is 0 Å². The van der Waals surface area contributed by atoms with Gasteiger partial charge in [-0.05, 0) is 23.8 Å². The zero-order chi connectivity index (χ0) is 19.0. The number of hydrogen-bond donors (Lipinski definition) is 0. The van der Waals surface area contributed by atoms with Gasteiger partial charge in [-0.3, -0.25) is 24.7 Å². The van der Waals surface area contributed by atoms with Gasteiger partial charge in [-0.2, -0.15) is 0 Å². The quantitative estimate of drug-likeness (QED) is 0.314.